The minimum Gasteiger partial charge on any atom is -0.489 e. The van der Waals surface area contributed by atoms with Crippen molar-refractivity contribution in [1.29, 1.82) is 0 Å². The molecule has 0 saturated heterocycles. The van der Waals surface area contributed by atoms with Gasteiger partial charge in [-0.15, -0.1) is 0 Å². The summed E-state index contributed by atoms with van der Waals surface area (Å²) in [5.41, 5.74) is 3.68. The van der Waals surface area contributed by atoms with Gasteiger partial charge in [-0.1, -0.05) is 17.3 Å². The van der Waals surface area contributed by atoms with Gasteiger partial charge in [-0.25, -0.2) is 4.79 Å². The first-order chi connectivity index (χ1) is 14.4. The van der Waals surface area contributed by atoms with Crippen LogP contribution in [0.2, 0.25) is 0 Å². The molecule has 0 aliphatic rings. The molecule has 1 heterocycles. The molecule has 0 unspecified atom stereocenters. The van der Waals surface area contributed by atoms with Crippen LogP contribution >= 0.6 is 0 Å². The SMILES string of the molecule is COC(=O)c1ccc(CN(C)C(=O)c2ccc(OCc3c(C)noc3C)cc2)cc1. The molecule has 0 N–H and O–H groups in total. The third-order valence-electron chi connectivity index (χ3n) is 4.81. The topological polar surface area (TPSA) is 81.9 Å². The van der Waals surface area contributed by atoms with Crippen LogP contribution in [0.3, 0.4) is 0 Å². The molecule has 0 spiro atoms. The predicted molar refractivity (Wildman–Crippen MR) is 110 cm³/mol. The molecule has 0 aliphatic heterocycles. The van der Waals surface area contributed by atoms with Gasteiger partial charge in [0, 0.05) is 19.2 Å². The lowest BCUT2D eigenvalue weighted by atomic mass is 10.1. The number of benzene rings is 2. The van der Waals surface area contributed by atoms with E-state index in [-0.39, 0.29) is 11.9 Å². The van der Waals surface area contributed by atoms with Gasteiger partial charge in [-0.3, -0.25) is 4.79 Å². The number of hydrogen-bond donors (Lipinski definition) is 0. The number of esters is 1. The lowest BCUT2D eigenvalue weighted by molar-refractivity contribution is 0.0600. The molecule has 1 aromatic heterocycles. The largest absolute Gasteiger partial charge is 0.489 e. The number of aromatic nitrogens is 1. The van der Waals surface area contributed by atoms with Gasteiger partial charge in [0.1, 0.15) is 18.1 Å². The first-order valence-electron chi connectivity index (χ1n) is 9.46. The normalized spacial score (nSPS) is 10.5. The fourth-order valence-electron chi connectivity index (χ4n) is 2.99. The zero-order chi connectivity index (χ0) is 21.7. The number of amides is 1. The molecule has 3 aromatic rings. The van der Waals surface area contributed by atoms with Crippen LogP contribution in [0.15, 0.2) is 53.1 Å². The molecular formula is C23H24N2O5. The third-order valence-corrected chi connectivity index (χ3v) is 4.81. The van der Waals surface area contributed by atoms with Gasteiger partial charge in [0.05, 0.1) is 23.9 Å². The Bertz CT molecular complexity index is 1000. The van der Waals surface area contributed by atoms with Crippen LogP contribution < -0.4 is 4.74 Å². The molecule has 3 rings (SSSR count). The van der Waals surface area contributed by atoms with Crippen molar-refractivity contribution in [2.24, 2.45) is 0 Å². The monoisotopic (exact) mass is 408 g/mol. The Balaban J connectivity index is 1.58. The summed E-state index contributed by atoms with van der Waals surface area (Å²) in [5, 5.41) is 3.91. The van der Waals surface area contributed by atoms with Crippen LogP contribution in [0, 0.1) is 13.8 Å². The molecular weight excluding hydrogens is 384 g/mol. The Morgan fingerprint density at radius 3 is 2.20 bits per heavy atom. The molecule has 0 aliphatic carbocycles. The highest BCUT2D eigenvalue weighted by atomic mass is 16.5. The van der Waals surface area contributed by atoms with Crippen molar-refractivity contribution < 1.29 is 23.6 Å². The molecule has 156 valence electrons. The van der Waals surface area contributed by atoms with Gasteiger partial charge in [-0.2, -0.15) is 0 Å². The smallest absolute Gasteiger partial charge is 0.337 e. The van der Waals surface area contributed by atoms with E-state index in [1.807, 2.05) is 26.0 Å². The number of hydrogen-bond acceptors (Lipinski definition) is 6. The summed E-state index contributed by atoms with van der Waals surface area (Å²) in [5.74, 6) is 0.903. The highest BCUT2D eigenvalue weighted by Gasteiger charge is 2.14. The van der Waals surface area contributed by atoms with Crippen molar-refractivity contribution in [2.75, 3.05) is 14.2 Å². The van der Waals surface area contributed by atoms with E-state index in [2.05, 4.69) is 5.16 Å². The third kappa shape index (κ3) is 4.86. The lowest BCUT2D eigenvalue weighted by Gasteiger charge is -2.18. The molecule has 0 bridgehead atoms. The van der Waals surface area contributed by atoms with Crippen molar-refractivity contribution in [3.8, 4) is 5.75 Å². The standard InChI is InChI=1S/C23H24N2O5/c1-15-21(16(2)30-24-15)14-29-20-11-9-18(10-12-20)22(26)25(3)13-17-5-7-19(8-6-17)23(27)28-4/h5-12H,13-14H2,1-4H3. The highest BCUT2D eigenvalue weighted by Crippen LogP contribution is 2.19. The molecule has 1 amide bonds. The second kappa shape index (κ2) is 9.26. The number of ether oxygens (including phenoxy) is 2. The van der Waals surface area contributed by atoms with E-state index >= 15 is 0 Å². The van der Waals surface area contributed by atoms with E-state index in [4.69, 9.17) is 14.0 Å². The van der Waals surface area contributed by atoms with Crippen molar-refractivity contribution in [3.63, 3.8) is 0 Å². The molecule has 0 fully saturated rings. The lowest BCUT2D eigenvalue weighted by Crippen LogP contribution is -2.26. The summed E-state index contributed by atoms with van der Waals surface area (Å²) in [6.45, 7) is 4.50. The Morgan fingerprint density at radius 2 is 1.63 bits per heavy atom. The maximum Gasteiger partial charge on any atom is 0.337 e. The van der Waals surface area contributed by atoms with Crippen molar-refractivity contribution in [1.82, 2.24) is 10.1 Å². The van der Waals surface area contributed by atoms with Gasteiger partial charge in [0.15, 0.2) is 0 Å². The minimum absolute atomic E-state index is 0.107. The Morgan fingerprint density at radius 1 is 1.00 bits per heavy atom. The molecule has 7 heteroatoms. The van der Waals surface area contributed by atoms with Crippen molar-refractivity contribution in [2.45, 2.75) is 27.0 Å². The van der Waals surface area contributed by atoms with Gasteiger partial charge in [-0.05, 0) is 55.8 Å². The zero-order valence-corrected chi connectivity index (χ0v) is 17.5. The van der Waals surface area contributed by atoms with Crippen LogP contribution in [0.5, 0.6) is 5.75 Å². The first kappa shape index (κ1) is 21.1. The second-order valence-electron chi connectivity index (χ2n) is 6.97. The van der Waals surface area contributed by atoms with E-state index in [0.29, 0.717) is 30.0 Å². The molecule has 0 radical (unpaired) electrons. The maximum absolute atomic E-state index is 12.7. The molecule has 0 saturated carbocycles. The number of nitrogens with zero attached hydrogens (tertiary/aromatic N) is 2. The Hall–Kier alpha value is -3.61. The van der Waals surface area contributed by atoms with Gasteiger partial charge < -0.3 is 18.9 Å². The van der Waals surface area contributed by atoms with Gasteiger partial charge >= 0.3 is 5.97 Å². The van der Waals surface area contributed by atoms with Gasteiger partial charge in [0.2, 0.25) is 0 Å². The summed E-state index contributed by atoms with van der Waals surface area (Å²) < 4.78 is 15.6. The summed E-state index contributed by atoms with van der Waals surface area (Å²) in [7, 11) is 3.08. The van der Waals surface area contributed by atoms with Crippen LogP contribution in [0.1, 0.15) is 43.3 Å². The van der Waals surface area contributed by atoms with Gasteiger partial charge in [0.25, 0.3) is 5.91 Å². The van der Waals surface area contributed by atoms with E-state index in [9.17, 15) is 9.59 Å². The number of methoxy groups -OCH3 is 1. The number of carbonyl (C=O) groups is 2. The number of aryl methyl sites for hydroxylation is 2. The van der Waals surface area contributed by atoms with E-state index < -0.39 is 0 Å². The fourth-order valence-corrected chi connectivity index (χ4v) is 2.99. The van der Waals surface area contributed by atoms with Crippen molar-refractivity contribution in [3.05, 3.63) is 82.2 Å². The van der Waals surface area contributed by atoms with E-state index in [1.54, 1.807) is 48.3 Å². The summed E-state index contributed by atoms with van der Waals surface area (Å²) in [6.07, 6.45) is 0. The Kier molecular flexibility index (Phi) is 6.51. The summed E-state index contributed by atoms with van der Waals surface area (Å²) in [6, 6.07) is 14.0. The number of rotatable bonds is 7. The van der Waals surface area contributed by atoms with Crippen LogP contribution in [0.25, 0.3) is 0 Å². The van der Waals surface area contributed by atoms with E-state index in [1.165, 1.54) is 7.11 Å². The molecule has 30 heavy (non-hydrogen) atoms. The minimum atomic E-state index is -0.386. The second-order valence-corrected chi connectivity index (χ2v) is 6.97. The molecule has 0 atom stereocenters. The molecule has 7 nitrogen and oxygen atoms in total. The summed E-state index contributed by atoms with van der Waals surface area (Å²) in [4.78, 5) is 25.8. The summed E-state index contributed by atoms with van der Waals surface area (Å²) >= 11 is 0. The maximum atomic E-state index is 12.7. The van der Waals surface area contributed by atoms with E-state index in [0.717, 1.165) is 22.6 Å². The fraction of sp³-hybridized carbons (Fsp3) is 0.261. The first-order valence-corrected chi connectivity index (χ1v) is 9.46. The average molecular weight is 408 g/mol. The van der Waals surface area contributed by atoms with Crippen LogP contribution in [0.4, 0.5) is 0 Å². The predicted octanol–water partition coefficient (Wildman–Crippen LogP) is 3.93. The Labute approximate surface area is 175 Å². The average Bonchev–Trinajstić information content (AvgIpc) is 3.09. The van der Waals surface area contributed by atoms with Crippen LogP contribution in [-0.2, 0) is 17.9 Å². The molecule has 2 aromatic carbocycles. The highest BCUT2D eigenvalue weighted by molar-refractivity contribution is 5.94. The number of carbonyl (C=O) groups excluding carboxylic acids is 2. The van der Waals surface area contributed by atoms with Crippen LogP contribution in [-0.4, -0.2) is 36.1 Å². The quantitative estimate of drug-likeness (QED) is 0.551. The van der Waals surface area contributed by atoms with Crippen molar-refractivity contribution >= 4 is 11.9 Å². The zero-order valence-electron chi connectivity index (χ0n) is 17.5.